The van der Waals surface area contributed by atoms with Crippen molar-refractivity contribution in [1.29, 1.82) is 0 Å². The molecular weight excluding hydrogens is 302 g/mol. The second-order valence-electron chi connectivity index (χ2n) is 5.18. The minimum atomic E-state index is -3.55. The standard InChI is InChI=1S/C15H25N3O3S/c1-5-18(6-2)22(20,21)14-9-7-8-13(12-14)15(19)16-10-11-17(3)4/h7-9,12H,5-6,10-11H2,1-4H3,(H,16,19). The van der Waals surface area contributed by atoms with Crippen LogP contribution < -0.4 is 5.32 Å². The summed E-state index contributed by atoms with van der Waals surface area (Å²) in [6, 6.07) is 6.16. The van der Waals surface area contributed by atoms with Crippen LogP contribution in [0.2, 0.25) is 0 Å². The van der Waals surface area contributed by atoms with Gasteiger partial charge >= 0.3 is 0 Å². The van der Waals surface area contributed by atoms with Gasteiger partial charge in [-0.3, -0.25) is 4.79 Å². The molecule has 0 aliphatic carbocycles. The van der Waals surface area contributed by atoms with E-state index in [0.29, 0.717) is 25.2 Å². The van der Waals surface area contributed by atoms with E-state index in [1.54, 1.807) is 26.0 Å². The summed E-state index contributed by atoms with van der Waals surface area (Å²) in [7, 11) is 0.294. The van der Waals surface area contributed by atoms with Gasteiger partial charge in [-0.2, -0.15) is 4.31 Å². The zero-order valence-corrected chi connectivity index (χ0v) is 14.5. The monoisotopic (exact) mass is 327 g/mol. The fourth-order valence-corrected chi connectivity index (χ4v) is 3.51. The number of hydrogen-bond donors (Lipinski definition) is 1. The van der Waals surface area contributed by atoms with E-state index in [0.717, 1.165) is 6.54 Å². The van der Waals surface area contributed by atoms with Crippen LogP contribution in [-0.4, -0.2) is 63.8 Å². The molecule has 0 heterocycles. The Morgan fingerprint density at radius 1 is 1.18 bits per heavy atom. The molecule has 0 aliphatic heterocycles. The molecule has 0 fully saturated rings. The Bertz CT molecular complexity index is 596. The van der Waals surface area contributed by atoms with Crippen molar-refractivity contribution in [3.05, 3.63) is 29.8 Å². The average molecular weight is 327 g/mol. The van der Waals surface area contributed by atoms with Crippen molar-refractivity contribution in [2.45, 2.75) is 18.7 Å². The third-order valence-electron chi connectivity index (χ3n) is 3.28. The quantitative estimate of drug-likeness (QED) is 0.774. The van der Waals surface area contributed by atoms with Crippen LogP contribution >= 0.6 is 0 Å². The van der Waals surface area contributed by atoms with E-state index in [9.17, 15) is 13.2 Å². The molecule has 1 aromatic rings. The predicted octanol–water partition coefficient (Wildman–Crippen LogP) is 1.01. The molecule has 6 nitrogen and oxygen atoms in total. The molecule has 7 heteroatoms. The Labute approximate surface area is 133 Å². The van der Waals surface area contributed by atoms with Crippen molar-refractivity contribution >= 4 is 15.9 Å². The first-order valence-corrected chi connectivity index (χ1v) is 8.80. The average Bonchev–Trinajstić information content (AvgIpc) is 2.48. The molecule has 0 atom stereocenters. The highest BCUT2D eigenvalue weighted by Gasteiger charge is 2.22. The molecule has 1 rings (SSSR count). The molecule has 0 aromatic heterocycles. The number of carbonyl (C=O) groups is 1. The Hall–Kier alpha value is -1.44. The van der Waals surface area contributed by atoms with Gasteiger partial charge in [-0.15, -0.1) is 0 Å². The number of amides is 1. The number of likely N-dealkylation sites (N-methyl/N-ethyl adjacent to an activating group) is 1. The molecule has 1 amide bonds. The Morgan fingerprint density at radius 3 is 2.36 bits per heavy atom. The van der Waals surface area contributed by atoms with Gasteiger partial charge in [0.2, 0.25) is 10.0 Å². The largest absolute Gasteiger partial charge is 0.351 e. The molecule has 0 aliphatic rings. The van der Waals surface area contributed by atoms with Gasteiger partial charge in [0.05, 0.1) is 4.90 Å². The molecule has 0 radical (unpaired) electrons. The van der Waals surface area contributed by atoms with Crippen molar-refractivity contribution in [3.8, 4) is 0 Å². The fraction of sp³-hybridized carbons (Fsp3) is 0.533. The second kappa shape index (κ2) is 8.26. The summed E-state index contributed by atoms with van der Waals surface area (Å²) in [5.41, 5.74) is 0.354. The number of benzene rings is 1. The topological polar surface area (TPSA) is 69.7 Å². The predicted molar refractivity (Wildman–Crippen MR) is 87.4 cm³/mol. The van der Waals surface area contributed by atoms with Crippen LogP contribution in [0.15, 0.2) is 29.2 Å². The molecule has 0 bridgehead atoms. The van der Waals surface area contributed by atoms with Crippen LogP contribution in [0.3, 0.4) is 0 Å². The van der Waals surface area contributed by atoms with E-state index < -0.39 is 10.0 Å². The highest BCUT2D eigenvalue weighted by atomic mass is 32.2. The molecule has 1 N–H and O–H groups in total. The third-order valence-corrected chi connectivity index (χ3v) is 5.33. The lowest BCUT2D eigenvalue weighted by molar-refractivity contribution is 0.0951. The van der Waals surface area contributed by atoms with E-state index in [1.807, 2.05) is 19.0 Å². The van der Waals surface area contributed by atoms with Gasteiger partial charge in [0.15, 0.2) is 0 Å². The zero-order chi connectivity index (χ0) is 16.8. The molecular formula is C15H25N3O3S. The summed E-state index contributed by atoms with van der Waals surface area (Å²) in [6.07, 6.45) is 0. The first kappa shape index (κ1) is 18.6. The maximum atomic E-state index is 12.5. The normalized spacial score (nSPS) is 11.9. The first-order chi connectivity index (χ1) is 10.3. The molecule has 1 aromatic carbocycles. The minimum absolute atomic E-state index is 0.149. The number of nitrogens with one attached hydrogen (secondary N) is 1. The van der Waals surface area contributed by atoms with Crippen molar-refractivity contribution in [2.24, 2.45) is 0 Å². The highest BCUT2D eigenvalue weighted by Crippen LogP contribution is 2.16. The second-order valence-corrected chi connectivity index (χ2v) is 7.11. The van der Waals surface area contributed by atoms with Crippen LogP contribution in [0.25, 0.3) is 0 Å². The van der Waals surface area contributed by atoms with Crippen molar-refractivity contribution in [3.63, 3.8) is 0 Å². The fourth-order valence-electron chi connectivity index (χ4n) is 2.01. The third kappa shape index (κ3) is 4.79. The summed E-state index contributed by atoms with van der Waals surface area (Å²) in [5, 5.41) is 2.78. The molecule has 0 saturated heterocycles. The summed E-state index contributed by atoms with van der Waals surface area (Å²) in [4.78, 5) is 14.2. The Kier molecular flexibility index (Phi) is 6.99. The van der Waals surface area contributed by atoms with Crippen LogP contribution in [0.5, 0.6) is 0 Å². The zero-order valence-electron chi connectivity index (χ0n) is 13.7. The van der Waals surface area contributed by atoms with Gasteiger partial charge in [-0.1, -0.05) is 19.9 Å². The Balaban J connectivity index is 2.92. The maximum absolute atomic E-state index is 12.5. The lowest BCUT2D eigenvalue weighted by atomic mass is 10.2. The van der Waals surface area contributed by atoms with E-state index in [1.165, 1.54) is 16.4 Å². The van der Waals surface area contributed by atoms with E-state index in [4.69, 9.17) is 0 Å². The van der Waals surface area contributed by atoms with Gasteiger partial charge in [0.1, 0.15) is 0 Å². The SMILES string of the molecule is CCN(CC)S(=O)(=O)c1cccc(C(=O)NCCN(C)C)c1. The van der Waals surface area contributed by atoms with E-state index in [2.05, 4.69) is 5.32 Å². The first-order valence-electron chi connectivity index (χ1n) is 7.36. The lowest BCUT2D eigenvalue weighted by Gasteiger charge is -2.18. The van der Waals surface area contributed by atoms with Crippen molar-refractivity contribution in [2.75, 3.05) is 40.3 Å². The molecule has 124 valence electrons. The highest BCUT2D eigenvalue weighted by molar-refractivity contribution is 7.89. The number of sulfonamides is 1. The number of carbonyl (C=O) groups excluding carboxylic acids is 1. The van der Waals surface area contributed by atoms with Gasteiger partial charge in [0.25, 0.3) is 5.91 Å². The number of nitrogens with zero attached hydrogens (tertiary/aromatic N) is 2. The summed E-state index contributed by atoms with van der Waals surface area (Å²) in [6.45, 7) is 5.62. The van der Waals surface area contributed by atoms with Crippen LogP contribution in [-0.2, 0) is 10.0 Å². The molecule has 22 heavy (non-hydrogen) atoms. The minimum Gasteiger partial charge on any atom is -0.351 e. The molecule has 0 unspecified atom stereocenters. The van der Waals surface area contributed by atoms with Crippen LogP contribution in [0, 0.1) is 0 Å². The Morgan fingerprint density at radius 2 is 1.82 bits per heavy atom. The van der Waals surface area contributed by atoms with Crippen molar-refractivity contribution in [1.82, 2.24) is 14.5 Å². The number of rotatable bonds is 8. The van der Waals surface area contributed by atoms with Crippen LogP contribution in [0.4, 0.5) is 0 Å². The summed E-state index contributed by atoms with van der Waals surface area (Å²) in [5.74, 6) is -0.265. The summed E-state index contributed by atoms with van der Waals surface area (Å²) < 4.78 is 26.3. The number of hydrogen-bond acceptors (Lipinski definition) is 4. The van der Waals surface area contributed by atoms with Gasteiger partial charge in [-0.05, 0) is 32.3 Å². The van der Waals surface area contributed by atoms with Gasteiger partial charge in [-0.25, -0.2) is 8.42 Å². The summed E-state index contributed by atoms with van der Waals surface area (Å²) >= 11 is 0. The molecule has 0 spiro atoms. The van der Waals surface area contributed by atoms with Crippen LogP contribution in [0.1, 0.15) is 24.2 Å². The lowest BCUT2D eigenvalue weighted by Crippen LogP contribution is -2.32. The van der Waals surface area contributed by atoms with Gasteiger partial charge < -0.3 is 10.2 Å². The van der Waals surface area contributed by atoms with Crippen molar-refractivity contribution < 1.29 is 13.2 Å². The van der Waals surface area contributed by atoms with E-state index >= 15 is 0 Å². The smallest absolute Gasteiger partial charge is 0.251 e. The maximum Gasteiger partial charge on any atom is 0.251 e. The van der Waals surface area contributed by atoms with E-state index in [-0.39, 0.29) is 10.8 Å². The molecule has 0 saturated carbocycles. The van der Waals surface area contributed by atoms with Gasteiger partial charge in [0, 0.05) is 31.7 Å².